The van der Waals surface area contributed by atoms with Crippen LogP contribution in [0.15, 0.2) is 48.5 Å². The third kappa shape index (κ3) is 2.75. The van der Waals surface area contributed by atoms with Gasteiger partial charge in [0.2, 0.25) is 0 Å². The summed E-state index contributed by atoms with van der Waals surface area (Å²) in [4.78, 5) is 16.3. The van der Waals surface area contributed by atoms with E-state index in [-0.39, 0.29) is 5.78 Å². The van der Waals surface area contributed by atoms with Crippen LogP contribution in [0.3, 0.4) is 0 Å². The molecule has 1 heterocycles. The van der Waals surface area contributed by atoms with Crippen molar-refractivity contribution in [3.8, 4) is 11.1 Å². The molecule has 0 saturated heterocycles. The molecule has 0 aliphatic rings. The maximum Gasteiger partial charge on any atom is 0.134 e. The Morgan fingerprint density at radius 3 is 2.55 bits per heavy atom. The number of aromatic nitrogens is 1. The molecule has 22 heavy (non-hydrogen) atoms. The number of Topliss-reactive ketones (excluding diaryl/α,β-unsaturated/α-hetero) is 1. The van der Waals surface area contributed by atoms with Crippen LogP contribution in [0.25, 0.3) is 22.0 Å². The van der Waals surface area contributed by atoms with Gasteiger partial charge in [-0.3, -0.25) is 9.78 Å². The summed E-state index contributed by atoms with van der Waals surface area (Å²) >= 11 is 6.18. The molecule has 3 aromatic rings. The molecule has 0 atom stereocenters. The van der Waals surface area contributed by atoms with E-state index in [1.54, 1.807) is 6.92 Å². The van der Waals surface area contributed by atoms with Crippen molar-refractivity contribution in [1.82, 2.24) is 4.98 Å². The fourth-order valence-corrected chi connectivity index (χ4v) is 2.97. The molecule has 0 saturated carbocycles. The Morgan fingerprint density at radius 2 is 1.86 bits per heavy atom. The van der Waals surface area contributed by atoms with Gasteiger partial charge in [-0.1, -0.05) is 41.9 Å². The molecular formula is C19H16ClNO. The topological polar surface area (TPSA) is 30.0 Å². The minimum absolute atomic E-state index is 0.128. The zero-order valence-corrected chi connectivity index (χ0v) is 13.3. The number of halogens is 1. The molecule has 0 aliphatic heterocycles. The lowest BCUT2D eigenvalue weighted by Crippen LogP contribution is -2.04. The average Bonchev–Trinajstić information content (AvgIpc) is 2.49. The SMILES string of the molecule is CC(=O)Cc1c(C)nc2ccc(Cl)cc2c1-c1ccccc1. The van der Waals surface area contributed by atoms with Crippen LogP contribution in [0.2, 0.25) is 5.02 Å². The number of fused-ring (bicyclic) bond motifs is 1. The summed E-state index contributed by atoms with van der Waals surface area (Å²) in [5.41, 5.74) is 4.91. The van der Waals surface area contributed by atoms with E-state index in [0.29, 0.717) is 11.4 Å². The van der Waals surface area contributed by atoms with Crippen molar-refractivity contribution < 1.29 is 4.79 Å². The van der Waals surface area contributed by atoms with E-state index in [1.165, 1.54) is 0 Å². The Morgan fingerprint density at radius 1 is 1.14 bits per heavy atom. The van der Waals surface area contributed by atoms with Crippen LogP contribution < -0.4 is 0 Å². The molecule has 0 unspecified atom stereocenters. The predicted octanol–water partition coefficient (Wildman–Crippen LogP) is 5.00. The molecule has 110 valence electrons. The summed E-state index contributed by atoms with van der Waals surface area (Å²) in [6.45, 7) is 3.56. The molecule has 0 aliphatic carbocycles. The second kappa shape index (κ2) is 5.90. The van der Waals surface area contributed by atoms with Crippen LogP contribution in [-0.4, -0.2) is 10.8 Å². The van der Waals surface area contributed by atoms with Crippen molar-refractivity contribution in [3.05, 3.63) is 64.8 Å². The zero-order valence-electron chi connectivity index (χ0n) is 12.6. The van der Waals surface area contributed by atoms with Gasteiger partial charge >= 0.3 is 0 Å². The fraction of sp³-hybridized carbons (Fsp3) is 0.158. The quantitative estimate of drug-likeness (QED) is 0.682. The predicted molar refractivity (Wildman–Crippen MR) is 91.3 cm³/mol. The van der Waals surface area contributed by atoms with E-state index in [9.17, 15) is 4.79 Å². The maximum absolute atomic E-state index is 11.7. The maximum atomic E-state index is 11.7. The Labute approximate surface area is 134 Å². The van der Waals surface area contributed by atoms with Gasteiger partial charge in [0, 0.05) is 22.5 Å². The highest BCUT2D eigenvalue weighted by Gasteiger charge is 2.16. The number of carbonyl (C=O) groups is 1. The van der Waals surface area contributed by atoms with E-state index < -0.39 is 0 Å². The van der Waals surface area contributed by atoms with Gasteiger partial charge in [0.25, 0.3) is 0 Å². The highest BCUT2D eigenvalue weighted by Crippen LogP contribution is 2.34. The zero-order chi connectivity index (χ0) is 15.7. The first kappa shape index (κ1) is 14.7. The second-order valence-corrected chi connectivity index (χ2v) is 5.89. The number of aryl methyl sites for hydroxylation is 1. The molecule has 2 aromatic carbocycles. The third-order valence-electron chi connectivity index (χ3n) is 3.74. The first-order chi connectivity index (χ1) is 10.6. The van der Waals surface area contributed by atoms with E-state index in [2.05, 4.69) is 17.1 Å². The van der Waals surface area contributed by atoms with Crippen molar-refractivity contribution in [2.24, 2.45) is 0 Å². The standard InChI is InChI=1S/C19H16ClNO/c1-12(22)10-16-13(2)21-18-9-8-15(20)11-17(18)19(16)14-6-4-3-5-7-14/h3-9,11H,10H2,1-2H3. The minimum atomic E-state index is 0.128. The smallest absolute Gasteiger partial charge is 0.134 e. The molecule has 0 N–H and O–H groups in total. The number of carbonyl (C=O) groups excluding carboxylic acids is 1. The number of rotatable bonds is 3. The number of nitrogens with zero attached hydrogens (tertiary/aromatic N) is 1. The van der Waals surface area contributed by atoms with Gasteiger partial charge < -0.3 is 0 Å². The molecule has 0 bridgehead atoms. The summed E-state index contributed by atoms with van der Waals surface area (Å²) in [7, 11) is 0. The fourth-order valence-electron chi connectivity index (χ4n) is 2.80. The molecule has 0 amide bonds. The lowest BCUT2D eigenvalue weighted by Gasteiger charge is -2.15. The average molecular weight is 310 g/mol. The number of hydrogen-bond donors (Lipinski definition) is 0. The van der Waals surface area contributed by atoms with Crippen molar-refractivity contribution >= 4 is 28.3 Å². The van der Waals surface area contributed by atoms with Gasteiger partial charge in [0.05, 0.1) is 5.52 Å². The van der Waals surface area contributed by atoms with E-state index >= 15 is 0 Å². The summed E-state index contributed by atoms with van der Waals surface area (Å²) in [6.07, 6.45) is 0.380. The number of benzene rings is 2. The number of hydrogen-bond acceptors (Lipinski definition) is 2. The Balaban J connectivity index is 2.41. The van der Waals surface area contributed by atoms with Gasteiger partial charge in [-0.2, -0.15) is 0 Å². The van der Waals surface area contributed by atoms with Crippen LogP contribution in [0.5, 0.6) is 0 Å². The lowest BCUT2D eigenvalue weighted by atomic mass is 9.92. The Kier molecular flexibility index (Phi) is 3.95. The second-order valence-electron chi connectivity index (χ2n) is 5.46. The molecule has 0 fully saturated rings. The molecule has 1 aromatic heterocycles. The summed E-state index contributed by atoms with van der Waals surface area (Å²) in [5, 5.41) is 1.66. The summed E-state index contributed by atoms with van der Waals surface area (Å²) in [6, 6.07) is 15.8. The normalized spacial score (nSPS) is 10.9. The van der Waals surface area contributed by atoms with Gasteiger partial charge in [-0.15, -0.1) is 0 Å². The highest BCUT2D eigenvalue weighted by atomic mass is 35.5. The Bertz CT molecular complexity index is 856. The minimum Gasteiger partial charge on any atom is -0.300 e. The van der Waals surface area contributed by atoms with Crippen molar-refractivity contribution in [2.75, 3.05) is 0 Å². The van der Waals surface area contributed by atoms with Gasteiger partial charge in [0.15, 0.2) is 0 Å². The lowest BCUT2D eigenvalue weighted by molar-refractivity contribution is -0.116. The van der Waals surface area contributed by atoms with Gasteiger partial charge in [-0.25, -0.2) is 0 Å². The first-order valence-electron chi connectivity index (χ1n) is 7.20. The van der Waals surface area contributed by atoms with Crippen LogP contribution >= 0.6 is 11.6 Å². The van der Waals surface area contributed by atoms with Crippen molar-refractivity contribution in [3.63, 3.8) is 0 Å². The molecular weight excluding hydrogens is 294 g/mol. The molecule has 2 nitrogen and oxygen atoms in total. The number of ketones is 1. The van der Waals surface area contributed by atoms with Gasteiger partial charge in [0.1, 0.15) is 5.78 Å². The largest absolute Gasteiger partial charge is 0.300 e. The van der Waals surface area contributed by atoms with E-state index in [0.717, 1.165) is 33.3 Å². The van der Waals surface area contributed by atoms with E-state index in [4.69, 9.17) is 11.6 Å². The van der Waals surface area contributed by atoms with Crippen molar-refractivity contribution in [1.29, 1.82) is 0 Å². The van der Waals surface area contributed by atoms with E-state index in [1.807, 2.05) is 43.3 Å². The summed E-state index contributed by atoms with van der Waals surface area (Å²) < 4.78 is 0. The highest BCUT2D eigenvalue weighted by molar-refractivity contribution is 6.31. The van der Waals surface area contributed by atoms with Crippen LogP contribution in [-0.2, 0) is 11.2 Å². The third-order valence-corrected chi connectivity index (χ3v) is 3.98. The summed E-state index contributed by atoms with van der Waals surface area (Å²) in [5.74, 6) is 0.128. The Hall–Kier alpha value is -2.19. The number of pyridine rings is 1. The molecule has 0 spiro atoms. The monoisotopic (exact) mass is 309 g/mol. The first-order valence-corrected chi connectivity index (χ1v) is 7.57. The van der Waals surface area contributed by atoms with Crippen LogP contribution in [0.1, 0.15) is 18.2 Å². The van der Waals surface area contributed by atoms with Crippen LogP contribution in [0, 0.1) is 6.92 Å². The van der Waals surface area contributed by atoms with Gasteiger partial charge in [-0.05, 0) is 48.7 Å². The molecule has 3 rings (SSSR count). The van der Waals surface area contributed by atoms with Crippen molar-refractivity contribution in [2.45, 2.75) is 20.3 Å². The molecule has 0 radical (unpaired) electrons. The van der Waals surface area contributed by atoms with Crippen LogP contribution in [0.4, 0.5) is 0 Å². The molecule has 3 heteroatoms.